The van der Waals surface area contributed by atoms with Crippen LogP contribution in [0.3, 0.4) is 0 Å². The highest BCUT2D eigenvalue weighted by molar-refractivity contribution is 5.80. The number of methoxy groups -OCH3 is 2. The van der Waals surface area contributed by atoms with Crippen LogP contribution in [0.15, 0.2) is 29.3 Å². The number of hydrogen-bond donors (Lipinski definition) is 1. The van der Waals surface area contributed by atoms with Gasteiger partial charge in [0.25, 0.3) is 0 Å². The van der Waals surface area contributed by atoms with Crippen LogP contribution in [0, 0.1) is 5.92 Å². The Morgan fingerprint density at radius 1 is 1.25 bits per heavy atom. The summed E-state index contributed by atoms with van der Waals surface area (Å²) in [6.45, 7) is 4.86. The fraction of sp³-hybridized carbons (Fsp3) is 0.667. The fourth-order valence-corrected chi connectivity index (χ4v) is 3.50. The minimum Gasteiger partial charge on any atom is -0.497 e. The van der Waals surface area contributed by atoms with Crippen LogP contribution in [-0.2, 0) is 9.47 Å². The molecule has 1 aromatic carbocycles. The summed E-state index contributed by atoms with van der Waals surface area (Å²) in [7, 11) is 9.44. The van der Waals surface area contributed by atoms with Gasteiger partial charge in [-0.05, 0) is 38.2 Å². The second kappa shape index (κ2) is 11.9. The lowest BCUT2D eigenvalue weighted by Gasteiger charge is -2.28. The smallest absolute Gasteiger partial charge is 0.193 e. The van der Waals surface area contributed by atoms with Crippen LogP contribution in [0.2, 0.25) is 0 Å². The molecule has 0 bridgehead atoms. The van der Waals surface area contributed by atoms with Crippen molar-refractivity contribution in [3.63, 3.8) is 0 Å². The SMILES string of the molecule is CN=C(NCC(c1ccc(OC)cc1)N(C)C)N1CCC(COCCOC)C1. The lowest BCUT2D eigenvalue weighted by atomic mass is 10.1. The van der Waals surface area contributed by atoms with Gasteiger partial charge in [0.2, 0.25) is 0 Å². The molecule has 28 heavy (non-hydrogen) atoms. The first kappa shape index (κ1) is 22.5. The number of benzene rings is 1. The van der Waals surface area contributed by atoms with E-state index in [1.165, 1.54) is 5.56 Å². The first-order chi connectivity index (χ1) is 13.6. The van der Waals surface area contributed by atoms with Crippen molar-refractivity contribution < 1.29 is 14.2 Å². The van der Waals surface area contributed by atoms with Crippen molar-refractivity contribution in [2.24, 2.45) is 10.9 Å². The van der Waals surface area contributed by atoms with Crippen molar-refractivity contribution in [1.29, 1.82) is 0 Å². The standard InChI is InChI=1S/C21H36N4O3/c1-22-21(25-11-10-17(15-25)16-28-13-12-26-4)23-14-20(24(2)3)18-6-8-19(27-5)9-7-18/h6-9,17,20H,10-16H2,1-5H3,(H,22,23). The highest BCUT2D eigenvalue weighted by atomic mass is 16.5. The van der Waals surface area contributed by atoms with Crippen molar-refractivity contribution in [2.45, 2.75) is 12.5 Å². The zero-order valence-electron chi connectivity index (χ0n) is 18.0. The minimum absolute atomic E-state index is 0.249. The maximum atomic E-state index is 5.70. The number of nitrogens with zero attached hydrogens (tertiary/aromatic N) is 3. The average molecular weight is 393 g/mol. The molecule has 2 rings (SSSR count). The van der Waals surface area contributed by atoms with Gasteiger partial charge < -0.3 is 29.3 Å². The summed E-state index contributed by atoms with van der Waals surface area (Å²) in [6, 6.07) is 8.51. The highest BCUT2D eigenvalue weighted by Crippen LogP contribution is 2.21. The summed E-state index contributed by atoms with van der Waals surface area (Å²) < 4.78 is 16.0. The minimum atomic E-state index is 0.249. The quantitative estimate of drug-likeness (QED) is 0.373. The van der Waals surface area contributed by atoms with Crippen LogP contribution in [0.4, 0.5) is 0 Å². The molecule has 2 unspecified atom stereocenters. The molecule has 1 heterocycles. The van der Waals surface area contributed by atoms with E-state index in [1.807, 2.05) is 19.2 Å². The largest absolute Gasteiger partial charge is 0.497 e. The van der Waals surface area contributed by atoms with Gasteiger partial charge in [-0.2, -0.15) is 0 Å². The van der Waals surface area contributed by atoms with Gasteiger partial charge in [-0.3, -0.25) is 4.99 Å². The van der Waals surface area contributed by atoms with Crippen molar-refractivity contribution >= 4 is 5.96 Å². The molecule has 0 amide bonds. The summed E-state index contributed by atoms with van der Waals surface area (Å²) in [5.74, 6) is 2.38. The number of aliphatic imine (C=N–C) groups is 1. The van der Waals surface area contributed by atoms with Crippen LogP contribution in [0.1, 0.15) is 18.0 Å². The molecule has 0 aliphatic carbocycles. The molecule has 2 atom stereocenters. The van der Waals surface area contributed by atoms with Crippen LogP contribution >= 0.6 is 0 Å². The van der Waals surface area contributed by atoms with Gasteiger partial charge in [0.05, 0.1) is 33.0 Å². The van der Waals surface area contributed by atoms with Crippen LogP contribution in [0.5, 0.6) is 5.75 Å². The molecule has 1 aromatic rings. The molecule has 7 heteroatoms. The van der Waals surface area contributed by atoms with Gasteiger partial charge in [0.1, 0.15) is 5.75 Å². The molecule has 1 N–H and O–H groups in total. The van der Waals surface area contributed by atoms with Gasteiger partial charge in [-0.25, -0.2) is 0 Å². The summed E-state index contributed by atoms with van der Waals surface area (Å²) >= 11 is 0. The third kappa shape index (κ3) is 6.65. The number of likely N-dealkylation sites (N-methyl/N-ethyl adjacent to an activating group) is 1. The summed E-state index contributed by atoms with van der Waals surface area (Å²) in [5, 5.41) is 3.56. The molecule has 1 saturated heterocycles. The van der Waals surface area contributed by atoms with E-state index < -0.39 is 0 Å². The van der Waals surface area contributed by atoms with Crippen LogP contribution < -0.4 is 10.1 Å². The Morgan fingerprint density at radius 2 is 2.00 bits per heavy atom. The molecule has 7 nitrogen and oxygen atoms in total. The van der Waals surface area contributed by atoms with E-state index in [0.717, 1.165) is 44.4 Å². The molecular weight excluding hydrogens is 356 g/mol. The Bertz CT molecular complexity index is 592. The molecule has 0 aromatic heterocycles. The Labute approximate surface area is 169 Å². The molecule has 1 aliphatic heterocycles. The van der Waals surface area contributed by atoms with Gasteiger partial charge in [-0.1, -0.05) is 12.1 Å². The third-order valence-corrected chi connectivity index (χ3v) is 5.16. The Kier molecular flexibility index (Phi) is 9.54. The lowest BCUT2D eigenvalue weighted by molar-refractivity contribution is 0.0536. The second-order valence-corrected chi connectivity index (χ2v) is 7.35. The van der Waals surface area contributed by atoms with Crippen LogP contribution in [-0.4, -0.2) is 90.6 Å². The average Bonchev–Trinajstić information content (AvgIpc) is 3.17. The topological polar surface area (TPSA) is 58.6 Å². The van der Waals surface area contributed by atoms with Gasteiger partial charge in [0.15, 0.2) is 5.96 Å². The zero-order valence-corrected chi connectivity index (χ0v) is 18.0. The van der Waals surface area contributed by atoms with E-state index >= 15 is 0 Å². The Balaban J connectivity index is 1.87. The molecule has 0 spiro atoms. The van der Waals surface area contributed by atoms with E-state index in [4.69, 9.17) is 14.2 Å². The third-order valence-electron chi connectivity index (χ3n) is 5.16. The van der Waals surface area contributed by atoms with Gasteiger partial charge in [-0.15, -0.1) is 0 Å². The summed E-state index contributed by atoms with van der Waals surface area (Å²) in [6.07, 6.45) is 1.13. The van der Waals surface area contributed by atoms with Crippen molar-refractivity contribution in [3.05, 3.63) is 29.8 Å². The zero-order chi connectivity index (χ0) is 20.4. The van der Waals surface area contributed by atoms with E-state index in [2.05, 4.69) is 46.3 Å². The highest BCUT2D eigenvalue weighted by Gasteiger charge is 2.25. The monoisotopic (exact) mass is 392 g/mol. The Hall–Kier alpha value is -1.83. The van der Waals surface area contributed by atoms with E-state index in [0.29, 0.717) is 19.1 Å². The second-order valence-electron chi connectivity index (χ2n) is 7.35. The lowest BCUT2D eigenvalue weighted by Crippen LogP contribution is -2.43. The number of rotatable bonds is 10. The maximum absolute atomic E-state index is 5.70. The Morgan fingerprint density at radius 3 is 2.61 bits per heavy atom. The predicted octanol–water partition coefficient (Wildman–Crippen LogP) is 1.86. The van der Waals surface area contributed by atoms with E-state index in [-0.39, 0.29) is 6.04 Å². The normalized spacial score (nSPS) is 18.6. The number of nitrogens with one attached hydrogen (secondary N) is 1. The first-order valence-corrected chi connectivity index (χ1v) is 9.91. The molecule has 1 aliphatic rings. The van der Waals surface area contributed by atoms with Crippen molar-refractivity contribution in [3.8, 4) is 5.75 Å². The molecule has 0 saturated carbocycles. The molecule has 1 fully saturated rings. The number of ether oxygens (including phenoxy) is 3. The summed E-state index contributed by atoms with van der Waals surface area (Å²) in [4.78, 5) is 9.04. The van der Waals surface area contributed by atoms with E-state index in [1.54, 1.807) is 14.2 Å². The first-order valence-electron chi connectivity index (χ1n) is 9.91. The van der Waals surface area contributed by atoms with Crippen LogP contribution in [0.25, 0.3) is 0 Å². The van der Waals surface area contributed by atoms with Gasteiger partial charge >= 0.3 is 0 Å². The molecular formula is C21H36N4O3. The summed E-state index contributed by atoms with van der Waals surface area (Å²) in [5.41, 5.74) is 1.25. The predicted molar refractivity (Wildman–Crippen MR) is 113 cm³/mol. The number of hydrogen-bond acceptors (Lipinski definition) is 5. The van der Waals surface area contributed by atoms with E-state index in [9.17, 15) is 0 Å². The van der Waals surface area contributed by atoms with Crippen molar-refractivity contribution in [1.82, 2.24) is 15.1 Å². The van der Waals surface area contributed by atoms with Crippen molar-refractivity contribution in [2.75, 3.05) is 74.8 Å². The maximum Gasteiger partial charge on any atom is 0.193 e. The molecule has 158 valence electrons. The van der Waals surface area contributed by atoms with Gasteiger partial charge in [0, 0.05) is 39.7 Å². The molecule has 0 radical (unpaired) electrons. The number of likely N-dealkylation sites (tertiary alicyclic amines) is 1. The number of guanidine groups is 1. The fourth-order valence-electron chi connectivity index (χ4n) is 3.50.